The summed E-state index contributed by atoms with van der Waals surface area (Å²) in [5.41, 5.74) is 0. The van der Waals surface area contributed by atoms with Gasteiger partial charge in [-0.05, 0) is 0 Å². The molecular formula is C5H7FN2. The number of nitrogens with zero attached hydrogens (tertiary/aromatic N) is 2. The van der Waals surface area contributed by atoms with Crippen LogP contribution in [0, 0.1) is 11.3 Å². The number of nitriles is 1. The van der Waals surface area contributed by atoms with Crippen LogP contribution in [-0.2, 0) is 0 Å². The third-order valence-electron chi connectivity index (χ3n) is 0.478. The molecule has 0 aliphatic rings. The zero-order valence-electron chi connectivity index (χ0n) is 4.85. The van der Waals surface area contributed by atoms with Gasteiger partial charge in [0.15, 0.2) is 0 Å². The molecule has 0 saturated carbocycles. The smallest absolute Gasteiger partial charge is 0.215 e. The van der Waals surface area contributed by atoms with Gasteiger partial charge in [-0.15, -0.1) is 0 Å². The summed E-state index contributed by atoms with van der Waals surface area (Å²) in [4.78, 5) is 1.47. The number of hydrogen-bond acceptors (Lipinski definition) is 2. The average molecular weight is 114 g/mol. The Morgan fingerprint density at radius 1 is 1.75 bits per heavy atom. The molecule has 0 radical (unpaired) electrons. The minimum Gasteiger partial charge on any atom is -0.381 e. The molecule has 0 saturated heterocycles. The molecule has 44 valence electrons. The van der Waals surface area contributed by atoms with Crippen LogP contribution in [0.5, 0.6) is 0 Å². The molecule has 0 aromatic carbocycles. The Kier molecular flexibility index (Phi) is 2.63. The van der Waals surface area contributed by atoms with E-state index < -0.39 is 5.83 Å². The van der Waals surface area contributed by atoms with Crippen molar-refractivity contribution in [3.05, 3.63) is 12.0 Å². The van der Waals surface area contributed by atoms with Crippen molar-refractivity contribution in [1.82, 2.24) is 4.90 Å². The predicted octanol–water partition coefficient (Wildman–Crippen LogP) is 0.882. The summed E-state index contributed by atoms with van der Waals surface area (Å²) < 4.78 is 11.8. The second-order valence-corrected chi connectivity index (χ2v) is 1.55. The molecule has 0 atom stereocenters. The van der Waals surface area contributed by atoms with E-state index in [9.17, 15) is 4.39 Å². The maximum absolute atomic E-state index is 11.8. The summed E-state index contributed by atoms with van der Waals surface area (Å²) in [5, 5.41) is 7.86. The molecule has 0 spiro atoms. The highest BCUT2D eigenvalue weighted by Gasteiger charge is 1.87. The van der Waals surface area contributed by atoms with Crippen molar-refractivity contribution in [2.24, 2.45) is 0 Å². The third kappa shape index (κ3) is 3.16. The summed E-state index contributed by atoms with van der Waals surface area (Å²) >= 11 is 0. The second-order valence-electron chi connectivity index (χ2n) is 1.55. The highest BCUT2D eigenvalue weighted by atomic mass is 19.1. The van der Waals surface area contributed by atoms with Crippen LogP contribution in [-0.4, -0.2) is 19.0 Å². The molecule has 0 amide bonds. The third-order valence-corrected chi connectivity index (χ3v) is 0.478. The standard InChI is InChI=1S/C5H7FN2/c1-8(2)4-5(6)3-7/h4H,1-2H3. The van der Waals surface area contributed by atoms with Crippen molar-refractivity contribution in [2.75, 3.05) is 14.1 Å². The first-order valence-electron chi connectivity index (χ1n) is 2.10. The van der Waals surface area contributed by atoms with Crippen LogP contribution >= 0.6 is 0 Å². The summed E-state index contributed by atoms with van der Waals surface area (Å²) in [5.74, 6) is -0.769. The molecule has 8 heavy (non-hydrogen) atoms. The summed E-state index contributed by atoms with van der Waals surface area (Å²) in [6.07, 6.45) is 1.11. The average Bonchev–Trinajstić information content (AvgIpc) is 1.65. The quantitative estimate of drug-likeness (QED) is 0.473. The number of rotatable bonds is 1. The SMILES string of the molecule is CN(C)C=C(F)C#N. The molecule has 0 unspecified atom stereocenters. The lowest BCUT2D eigenvalue weighted by atomic mass is 10.6. The molecular weight excluding hydrogens is 107 g/mol. The van der Waals surface area contributed by atoms with E-state index in [4.69, 9.17) is 5.26 Å². The molecule has 0 rings (SSSR count). The van der Waals surface area contributed by atoms with Gasteiger partial charge in [0.05, 0.1) is 0 Å². The van der Waals surface area contributed by atoms with Crippen molar-refractivity contribution in [3.8, 4) is 6.07 Å². The molecule has 0 aliphatic heterocycles. The first-order chi connectivity index (χ1) is 3.66. The van der Waals surface area contributed by atoms with Crippen LogP contribution in [0.15, 0.2) is 12.0 Å². The van der Waals surface area contributed by atoms with Gasteiger partial charge in [0.2, 0.25) is 5.83 Å². The normalized spacial score (nSPS) is 10.5. The molecule has 0 N–H and O–H groups in total. The minimum atomic E-state index is -0.769. The summed E-state index contributed by atoms with van der Waals surface area (Å²) in [6.45, 7) is 0. The van der Waals surface area contributed by atoms with Crippen molar-refractivity contribution < 1.29 is 4.39 Å². The van der Waals surface area contributed by atoms with Crippen molar-refractivity contribution in [3.63, 3.8) is 0 Å². The van der Waals surface area contributed by atoms with Gasteiger partial charge in [0.1, 0.15) is 6.07 Å². The molecule has 0 aliphatic carbocycles. The van der Waals surface area contributed by atoms with E-state index in [1.165, 1.54) is 11.0 Å². The van der Waals surface area contributed by atoms with E-state index in [0.29, 0.717) is 0 Å². The highest BCUT2D eigenvalue weighted by molar-refractivity contribution is 5.10. The minimum absolute atomic E-state index is 0.769. The fourth-order valence-electron chi connectivity index (χ4n) is 0.256. The zero-order chi connectivity index (χ0) is 6.57. The fraction of sp³-hybridized carbons (Fsp3) is 0.400. The maximum Gasteiger partial charge on any atom is 0.215 e. The van der Waals surface area contributed by atoms with Crippen LogP contribution < -0.4 is 0 Å². The monoisotopic (exact) mass is 114 g/mol. The maximum atomic E-state index is 11.8. The Morgan fingerprint density at radius 3 is 2.38 bits per heavy atom. The summed E-state index contributed by atoms with van der Waals surface area (Å²) in [6, 6.07) is 1.35. The van der Waals surface area contributed by atoms with E-state index in [1.54, 1.807) is 14.1 Å². The molecule has 3 heteroatoms. The van der Waals surface area contributed by atoms with E-state index in [-0.39, 0.29) is 0 Å². The van der Waals surface area contributed by atoms with Gasteiger partial charge in [-0.25, -0.2) is 0 Å². The van der Waals surface area contributed by atoms with Crippen LogP contribution in [0.3, 0.4) is 0 Å². The Morgan fingerprint density at radius 2 is 2.25 bits per heavy atom. The second kappa shape index (κ2) is 3.03. The van der Waals surface area contributed by atoms with Crippen LogP contribution in [0.1, 0.15) is 0 Å². The van der Waals surface area contributed by atoms with Crippen molar-refractivity contribution in [2.45, 2.75) is 0 Å². The van der Waals surface area contributed by atoms with E-state index in [1.807, 2.05) is 0 Å². The lowest BCUT2D eigenvalue weighted by Gasteiger charge is -2.00. The van der Waals surface area contributed by atoms with Gasteiger partial charge in [0.25, 0.3) is 0 Å². The first kappa shape index (κ1) is 6.96. The fourth-order valence-corrected chi connectivity index (χ4v) is 0.256. The van der Waals surface area contributed by atoms with Crippen molar-refractivity contribution >= 4 is 0 Å². The summed E-state index contributed by atoms with van der Waals surface area (Å²) in [7, 11) is 3.30. The van der Waals surface area contributed by atoms with Crippen LogP contribution in [0.25, 0.3) is 0 Å². The molecule has 0 aromatic rings. The first-order valence-corrected chi connectivity index (χ1v) is 2.10. The molecule has 0 heterocycles. The number of allylic oxidation sites excluding steroid dienone is 1. The Hall–Kier alpha value is -1.04. The lowest BCUT2D eigenvalue weighted by molar-refractivity contribution is 0.531. The van der Waals surface area contributed by atoms with Gasteiger partial charge < -0.3 is 4.90 Å². The van der Waals surface area contributed by atoms with Gasteiger partial charge in [-0.1, -0.05) is 0 Å². The van der Waals surface area contributed by atoms with E-state index in [0.717, 1.165) is 6.20 Å². The highest BCUT2D eigenvalue weighted by Crippen LogP contribution is 1.92. The molecule has 0 aromatic heterocycles. The van der Waals surface area contributed by atoms with E-state index in [2.05, 4.69) is 0 Å². The zero-order valence-corrected chi connectivity index (χ0v) is 4.85. The largest absolute Gasteiger partial charge is 0.381 e. The van der Waals surface area contributed by atoms with Gasteiger partial charge >= 0.3 is 0 Å². The molecule has 0 bridgehead atoms. The van der Waals surface area contributed by atoms with E-state index >= 15 is 0 Å². The molecule has 0 fully saturated rings. The van der Waals surface area contributed by atoms with Crippen LogP contribution in [0.2, 0.25) is 0 Å². The van der Waals surface area contributed by atoms with Crippen LogP contribution in [0.4, 0.5) is 4.39 Å². The Labute approximate surface area is 47.8 Å². The predicted molar refractivity (Wildman–Crippen MR) is 28.5 cm³/mol. The van der Waals surface area contributed by atoms with Gasteiger partial charge in [-0.3, -0.25) is 0 Å². The molecule has 2 nitrogen and oxygen atoms in total. The van der Waals surface area contributed by atoms with Gasteiger partial charge in [-0.2, -0.15) is 9.65 Å². The Balaban J connectivity index is 3.80. The lowest BCUT2D eigenvalue weighted by Crippen LogP contribution is -2.00. The number of halogens is 1. The van der Waals surface area contributed by atoms with Gasteiger partial charge in [0, 0.05) is 20.3 Å². The Bertz CT molecular complexity index is 132. The number of hydrogen-bond donors (Lipinski definition) is 0. The van der Waals surface area contributed by atoms with Crippen molar-refractivity contribution in [1.29, 1.82) is 5.26 Å². The topological polar surface area (TPSA) is 27.0 Å².